The van der Waals surface area contributed by atoms with E-state index in [0.29, 0.717) is 72.0 Å². The SMILES string of the molecule is CCNCCCOCCOCCOCCCNC(=O)CCCC(=O)NCCCOC. The maximum atomic E-state index is 11.7. The molecule has 0 aliphatic heterocycles. The molecule has 0 aliphatic carbocycles. The molecule has 0 rings (SSSR count). The third-order valence-electron chi connectivity index (χ3n) is 4.08. The standard InChI is InChI=1S/C21H43N3O6/c1-3-22-10-5-14-28-16-18-30-19-17-29-15-7-12-24-21(26)9-4-8-20(25)23-11-6-13-27-2/h22H,3-19H2,1-2H3,(H,23,25)(H,24,26). The van der Waals surface area contributed by atoms with Crippen LogP contribution in [-0.2, 0) is 28.5 Å². The highest BCUT2D eigenvalue weighted by molar-refractivity contribution is 5.78. The highest BCUT2D eigenvalue weighted by atomic mass is 16.5. The molecule has 0 aliphatic rings. The van der Waals surface area contributed by atoms with Crippen molar-refractivity contribution in [3.05, 3.63) is 0 Å². The average Bonchev–Trinajstić information content (AvgIpc) is 2.74. The van der Waals surface area contributed by atoms with Crippen molar-refractivity contribution in [2.75, 3.05) is 79.5 Å². The molecule has 0 radical (unpaired) electrons. The Morgan fingerprint density at radius 2 is 1.10 bits per heavy atom. The molecule has 0 aromatic carbocycles. The van der Waals surface area contributed by atoms with Crippen molar-refractivity contribution in [3.8, 4) is 0 Å². The number of rotatable bonds is 23. The minimum absolute atomic E-state index is 0.0228. The van der Waals surface area contributed by atoms with Gasteiger partial charge in [-0.3, -0.25) is 9.59 Å². The smallest absolute Gasteiger partial charge is 0.220 e. The summed E-state index contributed by atoms with van der Waals surface area (Å²) in [6, 6.07) is 0. The number of ether oxygens (including phenoxy) is 4. The third-order valence-corrected chi connectivity index (χ3v) is 4.08. The van der Waals surface area contributed by atoms with Crippen molar-refractivity contribution in [1.82, 2.24) is 16.0 Å². The van der Waals surface area contributed by atoms with Crippen molar-refractivity contribution in [2.45, 2.75) is 45.4 Å². The van der Waals surface area contributed by atoms with Gasteiger partial charge in [0.15, 0.2) is 0 Å². The van der Waals surface area contributed by atoms with E-state index in [-0.39, 0.29) is 11.8 Å². The van der Waals surface area contributed by atoms with Crippen LogP contribution in [-0.4, -0.2) is 91.4 Å². The molecule has 0 bridgehead atoms. The first kappa shape index (κ1) is 28.7. The van der Waals surface area contributed by atoms with E-state index < -0.39 is 0 Å². The molecule has 0 aromatic heterocycles. The van der Waals surface area contributed by atoms with Crippen LogP contribution in [0.5, 0.6) is 0 Å². The lowest BCUT2D eigenvalue weighted by Crippen LogP contribution is -2.27. The number of carbonyl (C=O) groups is 2. The van der Waals surface area contributed by atoms with Crippen LogP contribution < -0.4 is 16.0 Å². The van der Waals surface area contributed by atoms with Gasteiger partial charge in [0.25, 0.3) is 0 Å². The predicted octanol–water partition coefficient (Wildman–Crippen LogP) is 0.865. The second-order valence-corrected chi connectivity index (χ2v) is 6.80. The fourth-order valence-corrected chi connectivity index (χ4v) is 2.45. The molecule has 3 N–H and O–H groups in total. The summed E-state index contributed by atoms with van der Waals surface area (Å²) in [5.41, 5.74) is 0. The van der Waals surface area contributed by atoms with Crippen molar-refractivity contribution >= 4 is 11.8 Å². The van der Waals surface area contributed by atoms with E-state index in [1.807, 2.05) is 0 Å². The van der Waals surface area contributed by atoms with Crippen LogP contribution in [0, 0.1) is 0 Å². The summed E-state index contributed by atoms with van der Waals surface area (Å²) in [7, 11) is 1.63. The first-order valence-corrected chi connectivity index (χ1v) is 11.2. The van der Waals surface area contributed by atoms with E-state index in [9.17, 15) is 9.59 Å². The van der Waals surface area contributed by atoms with Crippen LogP contribution in [0.2, 0.25) is 0 Å². The maximum Gasteiger partial charge on any atom is 0.220 e. The Morgan fingerprint density at radius 1 is 0.633 bits per heavy atom. The summed E-state index contributed by atoms with van der Waals surface area (Å²) in [6.07, 6.45) is 3.83. The number of carbonyl (C=O) groups excluding carboxylic acids is 2. The fraction of sp³-hybridized carbons (Fsp3) is 0.905. The normalized spacial score (nSPS) is 10.9. The van der Waals surface area contributed by atoms with Crippen LogP contribution in [0.1, 0.15) is 45.4 Å². The Bertz CT molecular complexity index is 399. The summed E-state index contributed by atoms with van der Waals surface area (Å²) in [4.78, 5) is 23.3. The highest BCUT2D eigenvalue weighted by Gasteiger charge is 2.04. The molecule has 0 fully saturated rings. The van der Waals surface area contributed by atoms with Gasteiger partial charge in [0, 0.05) is 52.9 Å². The summed E-state index contributed by atoms with van der Waals surface area (Å²) in [5, 5.41) is 8.89. The molecule has 0 aromatic rings. The lowest BCUT2D eigenvalue weighted by molar-refractivity contribution is -0.122. The van der Waals surface area contributed by atoms with Crippen LogP contribution in [0.25, 0.3) is 0 Å². The van der Waals surface area contributed by atoms with Gasteiger partial charge in [-0.15, -0.1) is 0 Å². The lowest BCUT2D eigenvalue weighted by Gasteiger charge is -2.08. The van der Waals surface area contributed by atoms with Crippen molar-refractivity contribution in [2.24, 2.45) is 0 Å². The number of amides is 2. The van der Waals surface area contributed by atoms with E-state index in [1.54, 1.807) is 7.11 Å². The topological polar surface area (TPSA) is 107 Å². The van der Waals surface area contributed by atoms with Gasteiger partial charge >= 0.3 is 0 Å². The van der Waals surface area contributed by atoms with Gasteiger partial charge in [-0.05, 0) is 38.8 Å². The Labute approximate surface area is 181 Å². The van der Waals surface area contributed by atoms with Crippen molar-refractivity contribution < 1.29 is 28.5 Å². The highest BCUT2D eigenvalue weighted by Crippen LogP contribution is 1.96. The van der Waals surface area contributed by atoms with Crippen LogP contribution in [0.15, 0.2) is 0 Å². The monoisotopic (exact) mass is 433 g/mol. The van der Waals surface area contributed by atoms with E-state index in [4.69, 9.17) is 18.9 Å². The predicted molar refractivity (Wildman–Crippen MR) is 117 cm³/mol. The molecule has 0 unspecified atom stereocenters. The lowest BCUT2D eigenvalue weighted by atomic mass is 10.2. The number of hydrogen-bond donors (Lipinski definition) is 3. The van der Waals surface area contributed by atoms with Gasteiger partial charge in [-0.25, -0.2) is 0 Å². The average molecular weight is 434 g/mol. The van der Waals surface area contributed by atoms with Crippen LogP contribution >= 0.6 is 0 Å². The Hall–Kier alpha value is -1.26. The van der Waals surface area contributed by atoms with Gasteiger partial charge in [-0.1, -0.05) is 6.92 Å². The zero-order valence-electron chi connectivity index (χ0n) is 19.0. The second-order valence-electron chi connectivity index (χ2n) is 6.80. The molecular weight excluding hydrogens is 390 g/mol. The molecule has 0 heterocycles. The fourth-order valence-electron chi connectivity index (χ4n) is 2.45. The van der Waals surface area contributed by atoms with Gasteiger partial charge < -0.3 is 34.9 Å². The number of hydrogen-bond acceptors (Lipinski definition) is 7. The van der Waals surface area contributed by atoms with Gasteiger partial charge in [-0.2, -0.15) is 0 Å². The number of methoxy groups -OCH3 is 1. The van der Waals surface area contributed by atoms with E-state index in [1.165, 1.54) is 0 Å². The summed E-state index contributed by atoms with van der Waals surface area (Å²) >= 11 is 0. The molecule has 9 heteroatoms. The van der Waals surface area contributed by atoms with E-state index in [2.05, 4.69) is 22.9 Å². The summed E-state index contributed by atoms with van der Waals surface area (Å²) in [5.74, 6) is -0.0543. The van der Waals surface area contributed by atoms with Crippen molar-refractivity contribution in [1.29, 1.82) is 0 Å². The minimum atomic E-state index is -0.0315. The zero-order chi connectivity index (χ0) is 22.1. The van der Waals surface area contributed by atoms with E-state index >= 15 is 0 Å². The molecule has 30 heavy (non-hydrogen) atoms. The van der Waals surface area contributed by atoms with Crippen LogP contribution in [0.3, 0.4) is 0 Å². The first-order chi connectivity index (χ1) is 14.7. The van der Waals surface area contributed by atoms with Crippen molar-refractivity contribution in [3.63, 3.8) is 0 Å². The molecule has 9 nitrogen and oxygen atoms in total. The quantitative estimate of drug-likeness (QED) is 0.205. The molecular formula is C21H43N3O6. The zero-order valence-corrected chi connectivity index (χ0v) is 19.0. The molecule has 0 saturated carbocycles. The molecule has 0 atom stereocenters. The summed E-state index contributed by atoms with van der Waals surface area (Å²) < 4.78 is 21.3. The minimum Gasteiger partial charge on any atom is -0.385 e. The molecule has 2 amide bonds. The second kappa shape index (κ2) is 24.0. The Balaban J connectivity index is 3.23. The first-order valence-electron chi connectivity index (χ1n) is 11.2. The largest absolute Gasteiger partial charge is 0.385 e. The van der Waals surface area contributed by atoms with E-state index in [0.717, 1.165) is 39.0 Å². The van der Waals surface area contributed by atoms with Gasteiger partial charge in [0.1, 0.15) is 0 Å². The van der Waals surface area contributed by atoms with Gasteiger partial charge in [0.05, 0.1) is 26.4 Å². The Morgan fingerprint density at radius 3 is 1.60 bits per heavy atom. The molecule has 0 saturated heterocycles. The van der Waals surface area contributed by atoms with Gasteiger partial charge in [0.2, 0.25) is 11.8 Å². The summed E-state index contributed by atoms with van der Waals surface area (Å²) in [6.45, 7) is 9.46. The molecule has 178 valence electrons. The molecule has 0 spiro atoms. The third kappa shape index (κ3) is 23.0. The van der Waals surface area contributed by atoms with Crippen LogP contribution in [0.4, 0.5) is 0 Å². The number of nitrogens with one attached hydrogen (secondary N) is 3. The maximum absolute atomic E-state index is 11.7. The Kier molecular flexibility index (Phi) is 23.0.